The highest BCUT2D eigenvalue weighted by atomic mass is 19.1. The number of aromatic hydroxyl groups is 1. The second kappa shape index (κ2) is 5.87. The van der Waals surface area contributed by atoms with Gasteiger partial charge in [-0.3, -0.25) is 0 Å². The number of rotatable bonds is 3. The standard InChI is InChI=1S/C18H20FNO2/c1-12(2)20-11-16(9-13-4-3-5-14(19)8-13)22-18-7-6-15(21)10-17(18)20/h3-8,10,12,16,21H,9,11H2,1-2H3. The largest absolute Gasteiger partial charge is 0.508 e. The van der Waals surface area contributed by atoms with Crippen molar-refractivity contribution in [2.24, 2.45) is 0 Å². The predicted molar refractivity (Wildman–Crippen MR) is 85.1 cm³/mol. The number of ether oxygens (including phenoxy) is 1. The third-order valence-corrected chi connectivity index (χ3v) is 3.92. The molecule has 22 heavy (non-hydrogen) atoms. The number of phenolic OH excluding ortho intramolecular Hbond substituents is 1. The van der Waals surface area contributed by atoms with Crippen molar-refractivity contribution in [2.75, 3.05) is 11.4 Å². The van der Waals surface area contributed by atoms with Gasteiger partial charge in [-0.1, -0.05) is 12.1 Å². The highest BCUT2D eigenvalue weighted by molar-refractivity contribution is 5.63. The summed E-state index contributed by atoms with van der Waals surface area (Å²) in [7, 11) is 0. The number of anilines is 1. The fourth-order valence-electron chi connectivity index (χ4n) is 2.89. The Morgan fingerprint density at radius 3 is 2.82 bits per heavy atom. The number of fused-ring (bicyclic) bond motifs is 1. The molecule has 1 unspecified atom stereocenters. The lowest BCUT2D eigenvalue weighted by Gasteiger charge is -2.39. The number of nitrogens with zero attached hydrogens (tertiary/aromatic N) is 1. The summed E-state index contributed by atoms with van der Waals surface area (Å²) in [5, 5.41) is 9.70. The molecule has 0 aromatic heterocycles. The summed E-state index contributed by atoms with van der Waals surface area (Å²) in [5.74, 6) is 0.773. The van der Waals surface area contributed by atoms with Crippen LogP contribution >= 0.6 is 0 Å². The van der Waals surface area contributed by atoms with Gasteiger partial charge in [-0.15, -0.1) is 0 Å². The lowest BCUT2D eigenvalue weighted by Crippen LogP contribution is -2.44. The first kappa shape index (κ1) is 14.7. The molecule has 0 fully saturated rings. The van der Waals surface area contributed by atoms with Crippen molar-refractivity contribution < 1.29 is 14.2 Å². The van der Waals surface area contributed by atoms with Crippen molar-refractivity contribution in [2.45, 2.75) is 32.4 Å². The van der Waals surface area contributed by atoms with Crippen LogP contribution in [0.15, 0.2) is 42.5 Å². The van der Waals surface area contributed by atoms with E-state index >= 15 is 0 Å². The first-order valence-corrected chi connectivity index (χ1v) is 7.53. The van der Waals surface area contributed by atoms with Gasteiger partial charge in [-0.25, -0.2) is 4.39 Å². The summed E-state index contributed by atoms with van der Waals surface area (Å²) >= 11 is 0. The Morgan fingerprint density at radius 1 is 1.27 bits per heavy atom. The van der Waals surface area contributed by atoms with E-state index in [9.17, 15) is 9.50 Å². The van der Waals surface area contributed by atoms with E-state index in [0.717, 1.165) is 17.0 Å². The average molecular weight is 301 g/mol. The summed E-state index contributed by atoms with van der Waals surface area (Å²) < 4.78 is 19.4. The fourth-order valence-corrected chi connectivity index (χ4v) is 2.89. The van der Waals surface area contributed by atoms with Gasteiger partial charge in [-0.05, 0) is 43.7 Å². The van der Waals surface area contributed by atoms with E-state index in [1.807, 2.05) is 6.07 Å². The maximum atomic E-state index is 13.3. The van der Waals surface area contributed by atoms with Crippen molar-refractivity contribution in [3.8, 4) is 11.5 Å². The van der Waals surface area contributed by atoms with E-state index in [1.165, 1.54) is 6.07 Å². The van der Waals surface area contributed by atoms with E-state index in [-0.39, 0.29) is 17.7 Å². The zero-order valence-corrected chi connectivity index (χ0v) is 12.8. The predicted octanol–water partition coefficient (Wildman–Crippen LogP) is 3.75. The first-order chi connectivity index (χ1) is 10.5. The topological polar surface area (TPSA) is 32.7 Å². The van der Waals surface area contributed by atoms with Crippen molar-refractivity contribution in [1.29, 1.82) is 0 Å². The number of hydrogen-bond acceptors (Lipinski definition) is 3. The summed E-state index contributed by atoms with van der Waals surface area (Å²) in [6.07, 6.45) is 0.614. The molecule has 3 rings (SSSR count). The van der Waals surface area contributed by atoms with Gasteiger partial charge < -0.3 is 14.7 Å². The van der Waals surface area contributed by atoms with E-state index in [4.69, 9.17) is 4.74 Å². The summed E-state index contributed by atoms with van der Waals surface area (Å²) in [6, 6.07) is 12.1. The molecule has 0 spiro atoms. The van der Waals surface area contributed by atoms with Crippen LogP contribution < -0.4 is 9.64 Å². The number of hydrogen-bond donors (Lipinski definition) is 1. The molecule has 0 bridgehead atoms. The molecular formula is C18H20FNO2. The smallest absolute Gasteiger partial charge is 0.143 e. The molecule has 3 nitrogen and oxygen atoms in total. The van der Waals surface area contributed by atoms with Gasteiger partial charge in [0.05, 0.1) is 12.2 Å². The Labute approximate surface area is 130 Å². The molecule has 1 atom stereocenters. The van der Waals surface area contributed by atoms with Gasteiger partial charge in [0.25, 0.3) is 0 Å². The van der Waals surface area contributed by atoms with Crippen LogP contribution in [0, 0.1) is 5.82 Å². The zero-order chi connectivity index (χ0) is 15.7. The Hall–Kier alpha value is -2.23. The number of benzene rings is 2. The maximum absolute atomic E-state index is 13.3. The van der Waals surface area contributed by atoms with Crippen molar-refractivity contribution in [1.82, 2.24) is 0 Å². The third kappa shape index (κ3) is 3.01. The molecule has 0 amide bonds. The molecule has 4 heteroatoms. The fraction of sp³-hybridized carbons (Fsp3) is 0.333. The normalized spacial score (nSPS) is 17.3. The second-order valence-electron chi connectivity index (χ2n) is 5.97. The second-order valence-corrected chi connectivity index (χ2v) is 5.97. The van der Waals surface area contributed by atoms with Crippen LogP contribution in [0.2, 0.25) is 0 Å². The van der Waals surface area contributed by atoms with Crippen LogP contribution in [0.1, 0.15) is 19.4 Å². The highest BCUT2D eigenvalue weighted by Crippen LogP contribution is 2.37. The molecule has 0 aliphatic carbocycles. The van der Waals surface area contributed by atoms with Crippen LogP contribution in [-0.4, -0.2) is 23.8 Å². The monoisotopic (exact) mass is 301 g/mol. The maximum Gasteiger partial charge on any atom is 0.143 e. The van der Waals surface area contributed by atoms with Gasteiger partial charge in [0.2, 0.25) is 0 Å². The zero-order valence-electron chi connectivity index (χ0n) is 12.8. The minimum Gasteiger partial charge on any atom is -0.508 e. The van der Waals surface area contributed by atoms with Crippen LogP contribution in [0.5, 0.6) is 11.5 Å². The summed E-state index contributed by atoms with van der Waals surface area (Å²) in [6.45, 7) is 4.93. The molecule has 0 saturated heterocycles. The van der Waals surface area contributed by atoms with E-state index in [0.29, 0.717) is 19.0 Å². The third-order valence-electron chi connectivity index (χ3n) is 3.92. The number of phenols is 1. The molecule has 0 radical (unpaired) electrons. The van der Waals surface area contributed by atoms with Gasteiger partial charge in [0.15, 0.2) is 0 Å². The quantitative estimate of drug-likeness (QED) is 0.937. The van der Waals surface area contributed by atoms with Gasteiger partial charge >= 0.3 is 0 Å². The lowest BCUT2D eigenvalue weighted by molar-refractivity contribution is 0.190. The van der Waals surface area contributed by atoms with Gasteiger partial charge in [0.1, 0.15) is 23.4 Å². The number of halogens is 1. The van der Waals surface area contributed by atoms with Crippen LogP contribution in [-0.2, 0) is 6.42 Å². The van der Waals surface area contributed by atoms with E-state index in [1.54, 1.807) is 30.3 Å². The Bertz CT molecular complexity index is 672. The molecule has 1 N–H and O–H groups in total. The Kier molecular flexibility index (Phi) is 3.92. The molecule has 0 saturated carbocycles. The summed E-state index contributed by atoms with van der Waals surface area (Å²) in [4.78, 5) is 2.21. The minimum atomic E-state index is -0.223. The molecule has 1 aliphatic heterocycles. The molecule has 2 aromatic rings. The average Bonchev–Trinajstić information content (AvgIpc) is 2.46. The molecule has 2 aromatic carbocycles. The van der Waals surface area contributed by atoms with Gasteiger partial charge in [-0.2, -0.15) is 0 Å². The van der Waals surface area contributed by atoms with Crippen molar-refractivity contribution in [3.05, 3.63) is 53.8 Å². The van der Waals surface area contributed by atoms with E-state index < -0.39 is 0 Å². The van der Waals surface area contributed by atoms with Crippen molar-refractivity contribution in [3.63, 3.8) is 0 Å². The van der Waals surface area contributed by atoms with Gasteiger partial charge in [0, 0.05) is 18.5 Å². The molecular weight excluding hydrogens is 281 g/mol. The van der Waals surface area contributed by atoms with E-state index in [2.05, 4.69) is 18.7 Å². The van der Waals surface area contributed by atoms with Crippen LogP contribution in [0.25, 0.3) is 0 Å². The molecule has 1 aliphatic rings. The first-order valence-electron chi connectivity index (χ1n) is 7.53. The van der Waals surface area contributed by atoms with Crippen molar-refractivity contribution >= 4 is 5.69 Å². The van der Waals surface area contributed by atoms with Crippen LogP contribution in [0.3, 0.4) is 0 Å². The molecule has 116 valence electrons. The highest BCUT2D eigenvalue weighted by Gasteiger charge is 2.27. The Morgan fingerprint density at radius 2 is 2.09 bits per heavy atom. The lowest BCUT2D eigenvalue weighted by atomic mass is 10.0. The van der Waals surface area contributed by atoms with Crippen LogP contribution in [0.4, 0.5) is 10.1 Å². The SMILES string of the molecule is CC(C)N1CC(Cc2cccc(F)c2)Oc2ccc(O)cc21. The Balaban J connectivity index is 1.85. The molecule has 1 heterocycles. The summed E-state index contributed by atoms with van der Waals surface area (Å²) in [5.41, 5.74) is 1.83. The minimum absolute atomic E-state index is 0.0405.